The van der Waals surface area contributed by atoms with E-state index in [1.165, 1.54) is 0 Å². The van der Waals surface area contributed by atoms with Crippen molar-refractivity contribution in [2.24, 2.45) is 5.73 Å². The molecule has 5 N–H and O–H groups in total. The van der Waals surface area contributed by atoms with Gasteiger partial charge in [-0.2, -0.15) is 0 Å². The first-order chi connectivity index (χ1) is 8.61. The summed E-state index contributed by atoms with van der Waals surface area (Å²) >= 11 is 4.55. The minimum atomic E-state index is -0.830. The van der Waals surface area contributed by atoms with Crippen LogP contribution in [0.25, 0.3) is 0 Å². The van der Waals surface area contributed by atoms with Gasteiger partial charge in [0.1, 0.15) is 0 Å². The quantitative estimate of drug-likeness (QED) is 0.375. The molecule has 7 nitrogen and oxygen atoms in total. The summed E-state index contributed by atoms with van der Waals surface area (Å²) in [6.45, 7) is 5.61. The van der Waals surface area contributed by atoms with E-state index >= 15 is 0 Å². The maximum absolute atomic E-state index is 11.4. The first-order valence-electron chi connectivity index (χ1n) is 5.77. The fourth-order valence-corrected chi connectivity index (χ4v) is 1.17. The number of hydrogen-bond acceptors (Lipinski definition) is 4. The minimum Gasteiger partial charge on any atom is -0.392 e. The summed E-state index contributed by atoms with van der Waals surface area (Å²) in [6, 6.07) is 0. The number of carbonyl (C=O) groups is 3. The van der Waals surface area contributed by atoms with Gasteiger partial charge in [-0.1, -0.05) is 12.2 Å². The Balaban J connectivity index is 3.88. The van der Waals surface area contributed by atoms with E-state index in [0.29, 0.717) is 0 Å². The summed E-state index contributed by atoms with van der Waals surface area (Å²) in [6.07, 6.45) is 0.103. The molecular weight excluding hydrogens is 268 g/mol. The van der Waals surface area contributed by atoms with Crippen molar-refractivity contribution in [3.63, 3.8) is 0 Å². The zero-order chi connectivity index (χ0) is 15.1. The molecule has 108 valence electrons. The zero-order valence-electron chi connectivity index (χ0n) is 11.3. The van der Waals surface area contributed by atoms with Crippen LogP contribution >= 0.6 is 12.2 Å². The number of nitrogens with one attached hydrogen (secondary N) is 3. The lowest BCUT2D eigenvalue weighted by Crippen LogP contribution is -2.45. The van der Waals surface area contributed by atoms with E-state index in [1.54, 1.807) is 0 Å². The van der Waals surface area contributed by atoms with Crippen LogP contribution < -0.4 is 21.7 Å². The van der Waals surface area contributed by atoms with Gasteiger partial charge in [0, 0.05) is 18.5 Å². The monoisotopic (exact) mass is 288 g/mol. The smallest absolute Gasteiger partial charge is 0.309 e. The van der Waals surface area contributed by atoms with Gasteiger partial charge < -0.3 is 21.7 Å². The van der Waals surface area contributed by atoms with Crippen molar-refractivity contribution >= 4 is 34.9 Å². The van der Waals surface area contributed by atoms with Gasteiger partial charge in [-0.15, -0.1) is 0 Å². The predicted octanol–water partition coefficient (Wildman–Crippen LogP) is -1.19. The van der Waals surface area contributed by atoms with Gasteiger partial charge in [-0.05, 0) is 20.8 Å². The van der Waals surface area contributed by atoms with E-state index in [9.17, 15) is 14.4 Å². The van der Waals surface area contributed by atoms with Crippen LogP contribution in [0.3, 0.4) is 0 Å². The van der Waals surface area contributed by atoms with Crippen LogP contribution in [0.5, 0.6) is 0 Å². The van der Waals surface area contributed by atoms with Crippen molar-refractivity contribution in [1.29, 1.82) is 0 Å². The number of thiocarbonyl (C=S) groups is 1. The second-order valence-corrected chi connectivity index (χ2v) is 5.48. The van der Waals surface area contributed by atoms with E-state index in [-0.39, 0.29) is 35.9 Å². The van der Waals surface area contributed by atoms with Gasteiger partial charge in [-0.3, -0.25) is 14.4 Å². The lowest BCUT2D eigenvalue weighted by Gasteiger charge is -2.20. The molecule has 0 aliphatic heterocycles. The standard InChI is InChI=1S/C11H20N4O3S/c1-11(2,3)15-8(16)4-5-13-9(17)10(18)14-6-7(12)19/h4-6H2,1-3H3,(H2,12,19)(H,13,17)(H,14,18)(H,15,16). The third kappa shape index (κ3) is 9.95. The van der Waals surface area contributed by atoms with Crippen molar-refractivity contribution in [3.05, 3.63) is 0 Å². The molecule has 0 saturated heterocycles. The third-order valence-electron chi connectivity index (χ3n) is 1.78. The van der Waals surface area contributed by atoms with Crippen LogP contribution in [0.15, 0.2) is 0 Å². The molecule has 0 unspecified atom stereocenters. The first kappa shape index (κ1) is 17.3. The number of rotatable bonds is 5. The van der Waals surface area contributed by atoms with Gasteiger partial charge >= 0.3 is 11.8 Å². The maximum atomic E-state index is 11.4. The highest BCUT2D eigenvalue weighted by Crippen LogP contribution is 1.98. The van der Waals surface area contributed by atoms with E-state index in [0.717, 1.165) is 0 Å². The first-order valence-corrected chi connectivity index (χ1v) is 6.18. The summed E-state index contributed by atoms with van der Waals surface area (Å²) < 4.78 is 0. The van der Waals surface area contributed by atoms with Crippen molar-refractivity contribution < 1.29 is 14.4 Å². The molecule has 0 atom stereocenters. The van der Waals surface area contributed by atoms with E-state index in [4.69, 9.17) is 5.73 Å². The van der Waals surface area contributed by atoms with Gasteiger partial charge in [0.25, 0.3) is 0 Å². The third-order valence-corrected chi connectivity index (χ3v) is 1.93. The molecule has 19 heavy (non-hydrogen) atoms. The maximum Gasteiger partial charge on any atom is 0.309 e. The Morgan fingerprint density at radius 3 is 2.11 bits per heavy atom. The summed E-state index contributed by atoms with van der Waals surface area (Å²) in [5.74, 6) is -1.85. The molecule has 0 spiro atoms. The Hall–Kier alpha value is -1.70. The highest BCUT2D eigenvalue weighted by molar-refractivity contribution is 7.80. The van der Waals surface area contributed by atoms with Crippen LogP contribution in [0.4, 0.5) is 0 Å². The van der Waals surface area contributed by atoms with E-state index in [2.05, 4.69) is 28.2 Å². The second kappa shape index (κ2) is 7.67. The Kier molecular flexibility index (Phi) is 6.99. The summed E-state index contributed by atoms with van der Waals surface area (Å²) in [4.78, 5) is 34.0. The topological polar surface area (TPSA) is 113 Å². The van der Waals surface area contributed by atoms with E-state index in [1.807, 2.05) is 20.8 Å². The van der Waals surface area contributed by atoms with Crippen LogP contribution in [0.2, 0.25) is 0 Å². The van der Waals surface area contributed by atoms with Crippen LogP contribution in [0, 0.1) is 0 Å². The van der Waals surface area contributed by atoms with Crippen LogP contribution in [-0.4, -0.2) is 41.3 Å². The van der Waals surface area contributed by atoms with Crippen molar-refractivity contribution in [1.82, 2.24) is 16.0 Å². The summed E-state index contributed by atoms with van der Waals surface area (Å²) in [5, 5.41) is 7.31. The van der Waals surface area contributed by atoms with Crippen molar-refractivity contribution in [2.45, 2.75) is 32.7 Å². The molecule has 3 amide bonds. The minimum absolute atomic E-state index is 0.0356. The Bertz CT molecular complexity index is 377. The molecule has 0 saturated carbocycles. The van der Waals surface area contributed by atoms with Gasteiger partial charge in [0.15, 0.2) is 0 Å². The Labute approximate surface area is 117 Å². The fourth-order valence-electron chi connectivity index (χ4n) is 1.10. The normalized spacial score (nSPS) is 10.5. The van der Waals surface area contributed by atoms with Crippen LogP contribution in [-0.2, 0) is 14.4 Å². The number of hydrogen-bond donors (Lipinski definition) is 4. The predicted molar refractivity (Wildman–Crippen MR) is 75.3 cm³/mol. The molecular formula is C11H20N4O3S. The van der Waals surface area contributed by atoms with E-state index < -0.39 is 11.8 Å². The number of amides is 3. The molecule has 0 aromatic heterocycles. The Morgan fingerprint density at radius 1 is 1.11 bits per heavy atom. The number of carbonyl (C=O) groups excluding carboxylic acids is 3. The summed E-state index contributed by atoms with van der Waals surface area (Å²) in [7, 11) is 0. The number of nitrogens with two attached hydrogens (primary N) is 1. The molecule has 0 aliphatic carbocycles. The van der Waals surface area contributed by atoms with Gasteiger partial charge in [-0.25, -0.2) is 0 Å². The van der Waals surface area contributed by atoms with Crippen LogP contribution in [0.1, 0.15) is 27.2 Å². The molecule has 0 heterocycles. The molecule has 0 fully saturated rings. The molecule has 0 bridgehead atoms. The second-order valence-electron chi connectivity index (χ2n) is 4.95. The lowest BCUT2D eigenvalue weighted by atomic mass is 10.1. The lowest BCUT2D eigenvalue weighted by molar-refractivity contribution is -0.139. The van der Waals surface area contributed by atoms with Gasteiger partial charge in [0.05, 0.1) is 11.5 Å². The fraction of sp³-hybridized carbons (Fsp3) is 0.636. The summed E-state index contributed by atoms with van der Waals surface area (Å²) in [5.41, 5.74) is 4.85. The largest absolute Gasteiger partial charge is 0.392 e. The highest BCUT2D eigenvalue weighted by atomic mass is 32.1. The Morgan fingerprint density at radius 2 is 1.63 bits per heavy atom. The molecule has 8 heteroatoms. The SMILES string of the molecule is CC(C)(C)NC(=O)CCNC(=O)C(=O)NCC(N)=S. The molecule has 0 aliphatic rings. The average Bonchev–Trinajstić information content (AvgIpc) is 2.22. The molecule has 0 aromatic carbocycles. The highest BCUT2D eigenvalue weighted by Gasteiger charge is 2.15. The van der Waals surface area contributed by atoms with Crippen molar-refractivity contribution in [2.75, 3.05) is 13.1 Å². The molecule has 0 radical (unpaired) electrons. The average molecular weight is 288 g/mol. The molecule has 0 aromatic rings. The van der Waals surface area contributed by atoms with Gasteiger partial charge in [0.2, 0.25) is 5.91 Å². The molecule has 0 rings (SSSR count). The van der Waals surface area contributed by atoms with Crippen molar-refractivity contribution in [3.8, 4) is 0 Å². The zero-order valence-corrected chi connectivity index (χ0v) is 12.1.